The maximum absolute atomic E-state index is 13.9. The van der Waals surface area contributed by atoms with Gasteiger partial charge in [-0.1, -0.05) is 44.2 Å². The number of methoxy groups -OCH3 is 2. The molecule has 0 saturated heterocycles. The van der Waals surface area contributed by atoms with Crippen molar-refractivity contribution in [2.75, 3.05) is 34.5 Å². The van der Waals surface area contributed by atoms with Crippen LogP contribution in [0.4, 0.5) is 0 Å². The van der Waals surface area contributed by atoms with Crippen molar-refractivity contribution >= 4 is 46.6 Å². The summed E-state index contributed by atoms with van der Waals surface area (Å²) in [6, 6.07) is 7.32. The Balaban J connectivity index is 1.59. The summed E-state index contributed by atoms with van der Waals surface area (Å²) in [6.45, 7) is 6.30. The van der Waals surface area contributed by atoms with Crippen molar-refractivity contribution in [2.24, 2.45) is 23.7 Å². The summed E-state index contributed by atoms with van der Waals surface area (Å²) in [4.78, 5) is 28.3. The molecule has 0 N–H and O–H groups in total. The van der Waals surface area contributed by atoms with E-state index < -0.39 is 5.97 Å². The van der Waals surface area contributed by atoms with E-state index in [0.29, 0.717) is 57.0 Å². The summed E-state index contributed by atoms with van der Waals surface area (Å²) in [5.74, 6) is 4.10. The number of rotatable bonds is 13. The predicted octanol–water partition coefficient (Wildman–Crippen LogP) is 7.25. The molecule has 2 fully saturated rings. The van der Waals surface area contributed by atoms with Crippen molar-refractivity contribution in [3.63, 3.8) is 0 Å². The maximum atomic E-state index is 13.9. The first-order valence-electron chi connectivity index (χ1n) is 15.0. The van der Waals surface area contributed by atoms with Crippen LogP contribution < -0.4 is 14.2 Å². The fraction of sp³-hybridized carbons (Fsp3) is 0.545. The SMILES string of the molecule is CCOC(=O)COc1cc(-c2ccc(/C=C(\SC=S)C(=O)N(C)C3C(CC)CC4CC(C)CC3C4)o2)cc(OC)c1OC. The van der Waals surface area contributed by atoms with Crippen molar-refractivity contribution in [1.29, 1.82) is 0 Å². The Labute approximate surface area is 264 Å². The minimum Gasteiger partial charge on any atom is -0.493 e. The molecule has 2 saturated carbocycles. The van der Waals surface area contributed by atoms with E-state index in [0.717, 1.165) is 12.3 Å². The molecule has 10 heteroatoms. The number of ether oxygens (including phenoxy) is 4. The molecular weight excluding hydrogens is 586 g/mol. The zero-order valence-electron chi connectivity index (χ0n) is 25.9. The Hall–Kier alpha value is -2.98. The molecule has 5 atom stereocenters. The maximum Gasteiger partial charge on any atom is 0.344 e. The summed E-state index contributed by atoms with van der Waals surface area (Å²) in [5.41, 5.74) is 0.651. The second-order valence-corrected chi connectivity index (χ2v) is 12.9. The summed E-state index contributed by atoms with van der Waals surface area (Å²) < 4.78 is 29.4. The Morgan fingerprint density at radius 3 is 2.53 bits per heavy atom. The van der Waals surface area contributed by atoms with Gasteiger partial charge in [-0.15, -0.1) is 0 Å². The molecule has 2 aliphatic carbocycles. The van der Waals surface area contributed by atoms with Gasteiger partial charge in [-0.2, -0.15) is 0 Å². The lowest BCUT2D eigenvalue weighted by Crippen LogP contribution is -2.52. The van der Waals surface area contributed by atoms with Gasteiger partial charge in [-0.05, 0) is 80.5 Å². The van der Waals surface area contributed by atoms with Crippen LogP contribution in [0.1, 0.15) is 58.6 Å². The van der Waals surface area contributed by atoms with Crippen LogP contribution in [0.15, 0.2) is 33.6 Å². The molecule has 4 rings (SSSR count). The van der Waals surface area contributed by atoms with Gasteiger partial charge in [-0.3, -0.25) is 4.79 Å². The van der Waals surface area contributed by atoms with Gasteiger partial charge in [0.15, 0.2) is 18.1 Å². The Bertz CT molecular complexity index is 1320. The van der Waals surface area contributed by atoms with Crippen LogP contribution >= 0.6 is 24.0 Å². The molecule has 2 aliphatic rings. The summed E-state index contributed by atoms with van der Waals surface area (Å²) in [7, 11) is 4.97. The first-order valence-corrected chi connectivity index (χ1v) is 16.3. The number of likely N-dealkylation sites (N-methyl/N-ethyl adjacent to an activating group) is 1. The van der Waals surface area contributed by atoms with Crippen LogP contribution in [-0.2, 0) is 14.3 Å². The number of esters is 1. The van der Waals surface area contributed by atoms with Gasteiger partial charge in [0.05, 0.1) is 25.7 Å². The highest BCUT2D eigenvalue weighted by molar-refractivity contribution is 8.24. The largest absolute Gasteiger partial charge is 0.493 e. The number of thiocarbonyl (C=S) groups is 1. The van der Waals surface area contributed by atoms with E-state index >= 15 is 0 Å². The second-order valence-electron chi connectivity index (χ2n) is 11.5. The number of nitrogens with zero attached hydrogens (tertiary/aromatic N) is 1. The lowest BCUT2D eigenvalue weighted by molar-refractivity contribution is -0.145. The Morgan fingerprint density at radius 2 is 1.86 bits per heavy atom. The third-order valence-corrected chi connectivity index (χ3v) is 9.57. The van der Waals surface area contributed by atoms with Crippen LogP contribution in [0.2, 0.25) is 0 Å². The van der Waals surface area contributed by atoms with Crippen molar-refractivity contribution in [3.8, 4) is 28.6 Å². The highest BCUT2D eigenvalue weighted by atomic mass is 32.2. The fourth-order valence-corrected chi connectivity index (χ4v) is 7.85. The molecule has 1 amide bonds. The van der Waals surface area contributed by atoms with Crippen LogP contribution in [-0.4, -0.2) is 62.0 Å². The van der Waals surface area contributed by atoms with Crippen LogP contribution in [0.25, 0.3) is 17.4 Å². The van der Waals surface area contributed by atoms with Gasteiger partial charge in [0.2, 0.25) is 5.75 Å². The molecule has 5 unspecified atom stereocenters. The van der Waals surface area contributed by atoms with Gasteiger partial charge in [0, 0.05) is 29.4 Å². The quantitative estimate of drug-likeness (QED) is 0.129. The monoisotopic (exact) mass is 629 g/mol. The predicted molar refractivity (Wildman–Crippen MR) is 174 cm³/mol. The normalized spacial score (nSPS) is 23.3. The number of hydrogen-bond donors (Lipinski definition) is 0. The number of carbonyl (C=O) groups excluding carboxylic acids is 2. The summed E-state index contributed by atoms with van der Waals surface area (Å²) in [6.07, 6.45) is 7.71. The molecule has 234 valence electrons. The molecule has 1 aromatic carbocycles. The molecule has 0 spiro atoms. The number of carbonyl (C=O) groups is 2. The molecule has 1 aromatic heterocycles. The van der Waals surface area contributed by atoms with E-state index in [4.69, 9.17) is 35.6 Å². The van der Waals surface area contributed by atoms with Crippen LogP contribution in [0.5, 0.6) is 17.2 Å². The van der Waals surface area contributed by atoms with E-state index in [9.17, 15) is 9.59 Å². The number of amides is 1. The van der Waals surface area contributed by atoms with E-state index in [2.05, 4.69) is 13.8 Å². The number of benzene rings is 1. The first-order chi connectivity index (χ1) is 20.7. The zero-order valence-corrected chi connectivity index (χ0v) is 27.6. The van der Waals surface area contributed by atoms with E-state index in [1.54, 1.807) is 25.1 Å². The molecule has 1 heterocycles. The van der Waals surface area contributed by atoms with E-state index in [1.165, 1.54) is 56.4 Å². The van der Waals surface area contributed by atoms with Gasteiger partial charge in [0.25, 0.3) is 5.91 Å². The lowest BCUT2D eigenvalue weighted by atomic mass is 9.61. The molecular formula is C33H43NO7S2. The van der Waals surface area contributed by atoms with Crippen LogP contribution in [0.3, 0.4) is 0 Å². The van der Waals surface area contributed by atoms with E-state index in [1.807, 2.05) is 24.1 Å². The highest BCUT2D eigenvalue weighted by Gasteiger charge is 2.44. The number of fused-ring (bicyclic) bond motifs is 2. The van der Waals surface area contributed by atoms with Gasteiger partial charge in [0.1, 0.15) is 11.5 Å². The van der Waals surface area contributed by atoms with Gasteiger partial charge < -0.3 is 28.3 Å². The molecule has 0 radical (unpaired) electrons. The summed E-state index contributed by atoms with van der Waals surface area (Å²) >= 11 is 6.40. The van der Waals surface area contributed by atoms with Crippen molar-refractivity contribution in [2.45, 2.75) is 58.9 Å². The highest BCUT2D eigenvalue weighted by Crippen LogP contribution is 2.48. The summed E-state index contributed by atoms with van der Waals surface area (Å²) in [5, 5.41) is 0. The molecule has 0 aliphatic heterocycles. The van der Waals surface area contributed by atoms with Crippen LogP contribution in [0, 0.1) is 23.7 Å². The molecule has 2 aromatic rings. The fourth-order valence-electron chi connectivity index (χ4n) is 7.01. The average Bonchev–Trinajstić information content (AvgIpc) is 3.46. The third-order valence-electron chi connectivity index (χ3n) is 8.64. The molecule has 2 bridgehead atoms. The Kier molecular flexibility index (Phi) is 11.6. The van der Waals surface area contributed by atoms with Gasteiger partial charge >= 0.3 is 5.97 Å². The first kappa shape index (κ1) is 32.9. The van der Waals surface area contributed by atoms with Gasteiger partial charge in [-0.25, -0.2) is 4.79 Å². The number of hydrogen-bond acceptors (Lipinski definition) is 9. The van der Waals surface area contributed by atoms with E-state index in [-0.39, 0.29) is 25.2 Å². The number of furan rings is 1. The standard InChI is InChI=1S/C33H43NO7S2/c1-7-22-13-21-11-20(3)12-24(14-21)31(22)34(4)33(36)29(43-19-42)17-25-9-10-26(41-25)23-15-27(37-5)32(38-6)28(16-23)40-18-30(35)39-8-2/h9-10,15-17,19-22,24,31H,7-8,11-14,18H2,1-6H3/b29-17-. The van der Waals surface area contributed by atoms with Crippen molar-refractivity contribution < 1.29 is 33.0 Å². The lowest BCUT2D eigenvalue weighted by Gasteiger charge is -2.50. The molecule has 8 nitrogen and oxygen atoms in total. The van der Waals surface area contributed by atoms with Crippen molar-refractivity contribution in [1.82, 2.24) is 4.90 Å². The smallest absolute Gasteiger partial charge is 0.344 e. The third kappa shape index (κ3) is 7.76. The Morgan fingerprint density at radius 1 is 1.09 bits per heavy atom. The topological polar surface area (TPSA) is 87.4 Å². The minimum atomic E-state index is -0.492. The van der Waals surface area contributed by atoms with Crippen molar-refractivity contribution in [3.05, 3.63) is 34.9 Å². The second kappa shape index (κ2) is 15.1. The minimum absolute atomic E-state index is 0.0371. The number of thioether (sulfide) groups is 1. The molecule has 43 heavy (non-hydrogen) atoms. The zero-order chi connectivity index (χ0) is 31.1. The average molecular weight is 630 g/mol.